The van der Waals surface area contributed by atoms with E-state index in [9.17, 15) is 9.59 Å². The van der Waals surface area contributed by atoms with Gasteiger partial charge in [-0.25, -0.2) is 4.79 Å². The summed E-state index contributed by atoms with van der Waals surface area (Å²) in [4.78, 5) is 23.5. The summed E-state index contributed by atoms with van der Waals surface area (Å²) >= 11 is 0. The van der Waals surface area contributed by atoms with E-state index in [-0.39, 0.29) is 19.4 Å². The molecule has 0 aliphatic carbocycles. The second-order valence-corrected chi connectivity index (χ2v) is 5.36. The van der Waals surface area contributed by atoms with Crippen LogP contribution in [0.15, 0.2) is 47.1 Å². The van der Waals surface area contributed by atoms with E-state index in [1.54, 1.807) is 18.2 Å². The third-order valence-corrected chi connectivity index (χ3v) is 3.55. The molecule has 1 N–H and O–H groups in total. The average molecular weight is 343 g/mol. The van der Waals surface area contributed by atoms with Gasteiger partial charge < -0.3 is 23.9 Å². The Kier molecular flexibility index (Phi) is 5.03. The number of amides is 1. The molecule has 0 bridgehead atoms. The highest BCUT2D eigenvalue weighted by molar-refractivity contribution is 5.89. The van der Waals surface area contributed by atoms with Crippen LogP contribution in [0.5, 0.6) is 11.5 Å². The van der Waals surface area contributed by atoms with Gasteiger partial charge in [0.15, 0.2) is 18.1 Å². The van der Waals surface area contributed by atoms with E-state index < -0.39 is 11.9 Å². The predicted molar refractivity (Wildman–Crippen MR) is 87.8 cm³/mol. The summed E-state index contributed by atoms with van der Waals surface area (Å²) in [6, 6.07) is 8.58. The molecule has 130 valence electrons. The Morgan fingerprint density at radius 3 is 2.92 bits per heavy atom. The van der Waals surface area contributed by atoms with Gasteiger partial charge in [0.2, 0.25) is 6.79 Å². The highest BCUT2D eigenvalue weighted by Crippen LogP contribution is 2.34. The second-order valence-electron chi connectivity index (χ2n) is 5.36. The molecule has 3 rings (SSSR count). The summed E-state index contributed by atoms with van der Waals surface area (Å²) in [6.07, 6.45) is 4.17. The van der Waals surface area contributed by atoms with Crippen molar-refractivity contribution in [3.05, 3.63) is 54.0 Å². The Hall–Kier alpha value is -3.22. The summed E-state index contributed by atoms with van der Waals surface area (Å²) in [5, 5.41) is 2.76. The average Bonchev–Trinajstić information content (AvgIpc) is 3.28. The van der Waals surface area contributed by atoms with E-state index in [2.05, 4.69) is 5.32 Å². The van der Waals surface area contributed by atoms with Crippen molar-refractivity contribution in [3.63, 3.8) is 0 Å². The number of furan rings is 1. The molecule has 0 unspecified atom stereocenters. The highest BCUT2D eigenvalue weighted by atomic mass is 16.7. The van der Waals surface area contributed by atoms with Crippen LogP contribution in [0.25, 0.3) is 6.08 Å². The van der Waals surface area contributed by atoms with Gasteiger partial charge in [-0.15, -0.1) is 0 Å². The Balaban J connectivity index is 1.46. The van der Waals surface area contributed by atoms with Gasteiger partial charge in [0.1, 0.15) is 5.76 Å². The molecule has 1 aromatic heterocycles. The lowest BCUT2D eigenvalue weighted by Crippen LogP contribution is -2.30. The minimum Gasteiger partial charge on any atom is -0.465 e. The molecular formula is C18H17NO6. The molecule has 1 atom stereocenters. The standard InChI is InChI=1S/C18H17NO6/c1-12(13-4-6-15-16(9-13)25-11-24-15)19-17(20)10-23-18(21)7-5-14-3-2-8-22-14/h2-9,12H,10-11H2,1H3,(H,19,20)/b7-5+/t12-/m1/s1. The van der Waals surface area contributed by atoms with Gasteiger partial charge in [0.05, 0.1) is 12.3 Å². The quantitative estimate of drug-likeness (QED) is 0.640. The summed E-state index contributed by atoms with van der Waals surface area (Å²) in [6.45, 7) is 1.66. The van der Waals surface area contributed by atoms with Crippen molar-refractivity contribution in [1.82, 2.24) is 5.32 Å². The van der Waals surface area contributed by atoms with Crippen molar-refractivity contribution in [3.8, 4) is 11.5 Å². The minimum atomic E-state index is -0.623. The van der Waals surface area contributed by atoms with Crippen LogP contribution in [-0.2, 0) is 14.3 Å². The number of carbonyl (C=O) groups is 2. The smallest absolute Gasteiger partial charge is 0.331 e. The minimum absolute atomic E-state index is 0.195. The number of esters is 1. The summed E-state index contributed by atoms with van der Waals surface area (Å²) in [5.41, 5.74) is 0.863. The fourth-order valence-corrected chi connectivity index (χ4v) is 2.27. The van der Waals surface area contributed by atoms with Crippen molar-refractivity contribution in [2.45, 2.75) is 13.0 Å². The number of carbonyl (C=O) groups excluding carboxylic acids is 2. The Labute approximate surface area is 144 Å². The zero-order valence-electron chi connectivity index (χ0n) is 13.6. The van der Waals surface area contributed by atoms with Crippen molar-refractivity contribution in [2.24, 2.45) is 0 Å². The van der Waals surface area contributed by atoms with Crippen LogP contribution in [0.2, 0.25) is 0 Å². The van der Waals surface area contributed by atoms with E-state index in [4.69, 9.17) is 18.6 Å². The molecule has 7 nitrogen and oxygen atoms in total. The summed E-state index contributed by atoms with van der Waals surface area (Å²) in [7, 11) is 0. The van der Waals surface area contributed by atoms with Crippen LogP contribution >= 0.6 is 0 Å². The second kappa shape index (κ2) is 7.57. The zero-order chi connectivity index (χ0) is 17.6. The fourth-order valence-electron chi connectivity index (χ4n) is 2.27. The molecule has 2 aromatic rings. The number of fused-ring (bicyclic) bond motifs is 1. The molecule has 0 saturated carbocycles. The molecule has 7 heteroatoms. The molecule has 1 amide bonds. The van der Waals surface area contributed by atoms with Crippen LogP contribution < -0.4 is 14.8 Å². The van der Waals surface area contributed by atoms with Crippen molar-refractivity contribution in [1.29, 1.82) is 0 Å². The maximum Gasteiger partial charge on any atom is 0.331 e. The largest absolute Gasteiger partial charge is 0.465 e. The lowest BCUT2D eigenvalue weighted by molar-refractivity contribution is -0.144. The first-order valence-corrected chi connectivity index (χ1v) is 7.69. The summed E-state index contributed by atoms with van der Waals surface area (Å²) in [5.74, 6) is 0.831. The van der Waals surface area contributed by atoms with Gasteiger partial charge >= 0.3 is 5.97 Å². The predicted octanol–water partition coefficient (Wildman–Crippen LogP) is 2.44. The monoisotopic (exact) mass is 343 g/mol. The van der Waals surface area contributed by atoms with Crippen LogP contribution in [0, 0.1) is 0 Å². The van der Waals surface area contributed by atoms with Crippen molar-refractivity contribution >= 4 is 18.0 Å². The summed E-state index contributed by atoms with van der Waals surface area (Å²) < 4.78 is 20.5. The van der Waals surface area contributed by atoms with Gasteiger partial charge in [0, 0.05) is 6.08 Å². The van der Waals surface area contributed by atoms with Gasteiger partial charge in [-0.2, -0.15) is 0 Å². The number of hydrogen-bond acceptors (Lipinski definition) is 6. The SMILES string of the molecule is C[C@@H](NC(=O)COC(=O)/C=C/c1ccco1)c1ccc2c(c1)OCO2. The van der Waals surface area contributed by atoms with E-state index in [0.29, 0.717) is 17.3 Å². The van der Waals surface area contributed by atoms with E-state index in [1.165, 1.54) is 18.4 Å². The molecular weight excluding hydrogens is 326 g/mol. The molecule has 1 aliphatic rings. The Morgan fingerprint density at radius 1 is 1.28 bits per heavy atom. The molecule has 2 heterocycles. The first-order valence-electron chi connectivity index (χ1n) is 7.69. The van der Waals surface area contributed by atoms with Gasteiger partial charge in [-0.05, 0) is 42.8 Å². The van der Waals surface area contributed by atoms with E-state index >= 15 is 0 Å². The Morgan fingerprint density at radius 2 is 2.12 bits per heavy atom. The fraction of sp³-hybridized carbons (Fsp3) is 0.222. The van der Waals surface area contributed by atoms with E-state index in [0.717, 1.165) is 5.56 Å². The molecule has 1 aromatic carbocycles. The van der Waals surface area contributed by atoms with Gasteiger partial charge in [0.25, 0.3) is 5.91 Å². The maximum absolute atomic E-state index is 11.9. The highest BCUT2D eigenvalue weighted by Gasteiger charge is 2.17. The molecule has 1 aliphatic heterocycles. The molecule has 0 fully saturated rings. The topological polar surface area (TPSA) is 87.0 Å². The first kappa shape index (κ1) is 16.6. The number of ether oxygens (including phenoxy) is 3. The third kappa shape index (κ3) is 4.41. The molecule has 25 heavy (non-hydrogen) atoms. The number of nitrogens with one attached hydrogen (secondary N) is 1. The number of hydrogen-bond donors (Lipinski definition) is 1. The van der Waals surface area contributed by atoms with Crippen LogP contribution in [0.3, 0.4) is 0 Å². The molecule has 0 saturated heterocycles. The van der Waals surface area contributed by atoms with E-state index in [1.807, 2.05) is 19.1 Å². The lowest BCUT2D eigenvalue weighted by atomic mass is 10.1. The van der Waals surface area contributed by atoms with Crippen molar-refractivity contribution in [2.75, 3.05) is 13.4 Å². The first-order chi connectivity index (χ1) is 12.1. The lowest BCUT2D eigenvalue weighted by Gasteiger charge is -2.14. The van der Waals surface area contributed by atoms with Crippen molar-refractivity contribution < 1.29 is 28.2 Å². The van der Waals surface area contributed by atoms with Crippen LogP contribution in [0.4, 0.5) is 0 Å². The van der Waals surface area contributed by atoms with Crippen LogP contribution in [0.1, 0.15) is 24.3 Å². The molecule has 0 radical (unpaired) electrons. The van der Waals surface area contributed by atoms with Gasteiger partial charge in [-0.3, -0.25) is 4.79 Å². The maximum atomic E-state index is 11.9. The van der Waals surface area contributed by atoms with Gasteiger partial charge in [-0.1, -0.05) is 6.07 Å². The van der Waals surface area contributed by atoms with Crippen LogP contribution in [-0.4, -0.2) is 25.3 Å². The zero-order valence-corrected chi connectivity index (χ0v) is 13.6. The number of rotatable bonds is 6. The normalized spacial score (nSPS) is 13.6. The third-order valence-electron chi connectivity index (χ3n) is 3.55. The Bertz CT molecular complexity index is 781. The number of benzene rings is 1. The molecule has 0 spiro atoms.